The molecule has 0 aliphatic carbocycles. The molecule has 2 rings (SSSR count). The summed E-state index contributed by atoms with van der Waals surface area (Å²) in [5.41, 5.74) is 7.39. The first-order chi connectivity index (χ1) is 9.08. The predicted molar refractivity (Wildman–Crippen MR) is 83.4 cm³/mol. The van der Waals surface area contributed by atoms with E-state index in [0.29, 0.717) is 17.5 Å². The van der Waals surface area contributed by atoms with E-state index in [2.05, 4.69) is 28.7 Å². The molecule has 0 atom stereocenters. The van der Waals surface area contributed by atoms with Gasteiger partial charge in [0, 0.05) is 19.0 Å². The second-order valence-corrected chi connectivity index (χ2v) is 5.24. The van der Waals surface area contributed by atoms with Gasteiger partial charge in [0.05, 0.1) is 22.2 Å². The van der Waals surface area contributed by atoms with Gasteiger partial charge in [-0.25, -0.2) is 4.98 Å². The molecule has 0 bridgehead atoms. The van der Waals surface area contributed by atoms with Gasteiger partial charge in [-0.15, -0.1) is 0 Å². The van der Waals surface area contributed by atoms with E-state index in [-0.39, 0.29) is 0 Å². The topological polar surface area (TPSA) is 55.0 Å². The van der Waals surface area contributed by atoms with Crippen LogP contribution in [0.15, 0.2) is 30.5 Å². The lowest BCUT2D eigenvalue weighted by molar-refractivity contribution is 0.681. The maximum Gasteiger partial charge on any atom is 0.148 e. The molecule has 0 radical (unpaired) electrons. The number of nitrogens with two attached hydrogens (primary N) is 1. The summed E-state index contributed by atoms with van der Waals surface area (Å²) in [6.07, 6.45) is 2.49. The highest BCUT2D eigenvalue weighted by molar-refractivity contribution is 7.80. The van der Waals surface area contributed by atoms with Crippen LogP contribution in [0.2, 0.25) is 0 Å². The van der Waals surface area contributed by atoms with E-state index in [4.69, 9.17) is 18.0 Å². The number of hydrogen-bond donors (Lipinski definition) is 1. The molecule has 5 heteroatoms. The lowest BCUT2D eigenvalue weighted by atomic mass is 10.2. The Morgan fingerprint density at radius 1 is 1.32 bits per heavy atom. The van der Waals surface area contributed by atoms with Crippen molar-refractivity contribution >= 4 is 34.1 Å². The van der Waals surface area contributed by atoms with Crippen molar-refractivity contribution in [3.8, 4) is 0 Å². The lowest BCUT2D eigenvalue weighted by Gasteiger charge is -2.27. The van der Waals surface area contributed by atoms with E-state index in [1.54, 1.807) is 0 Å². The van der Waals surface area contributed by atoms with Crippen molar-refractivity contribution in [2.24, 2.45) is 5.73 Å². The Bertz CT molecular complexity index is 582. The van der Waals surface area contributed by atoms with Crippen molar-refractivity contribution < 1.29 is 0 Å². The van der Waals surface area contributed by atoms with Gasteiger partial charge < -0.3 is 10.6 Å². The van der Waals surface area contributed by atoms with Crippen LogP contribution < -0.4 is 10.6 Å². The summed E-state index contributed by atoms with van der Waals surface area (Å²) in [5.74, 6) is 0.866. The lowest BCUT2D eigenvalue weighted by Crippen LogP contribution is -2.34. The predicted octanol–water partition coefficient (Wildman–Crippen LogP) is 2.52. The first kappa shape index (κ1) is 13.7. The molecule has 1 aromatic carbocycles. The van der Waals surface area contributed by atoms with Crippen LogP contribution in [0, 0.1) is 0 Å². The molecule has 0 fully saturated rings. The monoisotopic (exact) mass is 274 g/mol. The van der Waals surface area contributed by atoms with Crippen LogP contribution in [-0.2, 0) is 0 Å². The summed E-state index contributed by atoms with van der Waals surface area (Å²) in [6, 6.07) is 8.18. The molecule has 100 valence electrons. The Morgan fingerprint density at radius 3 is 2.63 bits per heavy atom. The standard InChI is InChI=1S/C14H18N4S/c1-10(2)18(8-7-13(15)19)14-9-16-11-5-3-4-6-12(11)17-14/h3-6,9-10H,7-8H2,1-2H3,(H2,15,19). The highest BCUT2D eigenvalue weighted by Gasteiger charge is 2.13. The Labute approximate surface area is 118 Å². The molecular weight excluding hydrogens is 256 g/mol. The van der Waals surface area contributed by atoms with E-state index in [9.17, 15) is 0 Å². The number of hydrogen-bond acceptors (Lipinski definition) is 4. The maximum atomic E-state index is 5.58. The van der Waals surface area contributed by atoms with Crippen molar-refractivity contribution in [1.29, 1.82) is 0 Å². The summed E-state index contributed by atoms with van der Waals surface area (Å²) < 4.78 is 0. The highest BCUT2D eigenvalue weighted by atomic mass is 32.1. The minimum absolute atomic E-state index is 0.324. The van der Waals surface area contributed by atoms with Gasteiger partial charge in [-0.1, -0.05) is 24.4 Å². The third kappa shape index (κ3) is 3.38. The zero-order chi connectivity index (χ0) is 13.8. The van der Waals surface area contributed by atoms with E-state index >= 15 is 0 Å². The summed E-state index contributed by atoms with van der Waals surface area (Å²) in [4.78, 5) is 11.8. The van der Waals surface area contributed by atoms with Gasteiger partial charge in [-0.05, 0) is 26.0 Å². The number of benzene rings is 1. The van der Waals surface area contributed by atoms with Gasteiger partial charge in [-0.3, -0.25) is 4.98 Å². The van der Waals surface area contributed by atoms with Gasteiger partial charge in [0.1, 0.15) is 5.82 Å². The molecule has 0 unspecified atom stereocenters. The Balaban J connectivity index is 2.30. The molecule has 4 nitrogen and oxygen atoms in total. The number of anilines is 1. The SMILES string of the molecule is CC(C)N(CCC(N)=S)c1cnc2ccccc2n1. The molecule has 0 aliphatic heterocycles. The molecule has 2 aromatic rings. The van der Waals surface area contributed by atoms with Gasteiger partial charge in [0.15, 0.2) is 0 Å². The van der Waals surface area contributed by atoms with Crippen LogP contribution in [0.1, 0.15) is 20.3 Å². The fourth-order valence-electron chi connectivity index (χ4n) is 1.95. The van der Waals surface area contributed by atoms with Crippen LogP contribution in [0.5, 0.6) is 0 Å². The number of thiocarbonyl (C=S) groups is 1. The first-order valence-corrected chi connectivity index (χ1v) is 6.75. The van der Waals surface area contributed by atoms with Crippen LogP contribution in [-0.4, -0.2) is 27.5 Å². The van der Waals surface area contributed by atoms with Crippen LogP contribution >= 0.6 is 12.2 Å². The molecule has 0 saturated carbocycles. The van der Waals surface area contributed by atoms with Crippen LogP contribution in [0.4, 0.5) is 5.82 Å². The number of para-hydroxylation sites is 2. The summed E-state index contributed by atoms with van der Waals surface area (Å²) in [7, 11) is 0. The number of fused-ring (bicyclic) bond motifs is 1. The average molecular weight is 274 g/mol. The smallest absolute Gasteiger partial charge is 0.148 e. The molecular formula is C14H18N4S. The normalized spacial score (nSPS) is 10.9. The van der Waals surface area contributed by atoms with E-state index < -0.39 is 0 Å². The minimum Gasteiger partial charge on any atom is -0.393 e. The van der Waals surface area contributed by atoms with Crippen molar-refractivity contribution in [3.63, 3.8) is 0 Å². The molecule has 0 aliphatic rings. The molecule has 19 heavy (non-hydrogen) atoms. The second kappa shape index (κ2) is 5.93. The van der Waals surface area contributed by atoms with Gasteiger partial charge in [-0.2, -0.15) is 0 Å². The molecule has 2 N–H and O–H groups in total. The molecule has 0 spiro atoms. The zero-order valence-electron chi connectivity index (χ0n) is 11.2. The second-order valence-electron chi connectivity index (χ2n) is 4.72. The fourth-order valence-corrected chi connectivity index (χ4v) is 2.05. The largest absolute Gasteiger partial charge is 0.393 e. The van der Waals surface area contributed by atoms with E-state index in [0.717, 1.165) is 23.4 Å². The van der Waals surface area contributed by atoms with Crippen LogP contribution in [0.25, 0.3) is 11.0 Å². The minimum atomic E-state index is 0.324. The summed E-state index contributed by atoms with van der Waals surface area (Å²) in [6.45, 7) is 5.01. The van der Waals surface area contributed by atoms with Crippen molar-refractivity contribution in [1.82, 2.24) is 9.97 Å². The summed E-state index contributed by atoms with van der Waals surface area (Å²) >= 11 is 4.94. The molecule has 1 heterocycles. The van der Waals surface area contributed by atoms with Gasteiger partial charge in [0.2, 0.25) is 0 Å². The highest BCUT2D eigenvalue weighted by Crippen LogP contribution is 2.17. The fraction of sp³-hybridized carbons (Fsp3) is 0.357. The molecule has 0 amide bonds. The van der Waals surface area contributed by atoms with Crippen molar-refractivity contribution in [2.75, 3.05) is 11.4 Å². The quantitative estimate of drug-likeness (QED) is 0.849. The third-order valence-corrected chi connectivity index (χ3v) is 3.16. The Morgan fingerprint density at radius 2 is 2.00 bits per heavy atom. The first-order valence-electron chi connectivity index (χ1n) is 6.34. The number of aromatic nitrogens is 2. The molecule has 0 saturated heterocycles. The van der Waals surface area contributed by atoms with Gasteiger partial charge >= 0.3 is 0 Å². The van der Waals surface area contributed by atoms with Crippen molar-refractivity contribution in [2.45, 2.75) is 26.3 Å². The van der Waals surface area contributed by atoms with Gasteiger partial charge in [0.25, 0.3) is 0 Å². The number of rotatable bonds is 5. The Kier molecular flexibility index (Phi) is 4.27. The summed E-state index contributed by atoms with van der Waals surface area (Å²) in [5, 5.41) is 0. The average Bonchev–Trinajstić information content (AvgIpc) is 2.38. The number of nitrogens with zero attached hydrogens (tertiary/aromatic N) is 3. The third-order valence-electron chi connectivity index (χ3n) is 2.95. The Hall–Kier alpha value is -1.75. The van der Waals surface area contributed by atoms with E-state index in [1.807, 2.05) is 30.5 Å². The van der Waals surface area contributed by atoms with Crippen molar-refractivity contribution in [3.05, 3.63) is 30.5 Å². The van der Waals surface area contributed by atoms with E-state index in [1.165, 1.54) is 0 Å². The molecule has 1 aromatic heterocycles. The van der Waals surface area contributed by atoms with Crippen LogP contribution in [0.3, 0.4) is 0 Å². The maximum absolute atomic E-state index is 5.58. The zero-order valence-corrected chi connectivity index (χ0v) is 12.0.